The highest BCUT2D eigenvalue weighted by Gasteiger charge is 2.38. The van der Waals surface area contributed by atoms with Crippen molar-refractivity contribution >= 4 is 23.9 Å². The Bertz CT molecular complexity index is 872. The number of carbonyl (C=O) groups is 4. The Kier molecular flexibility index (Phi) is 7.79. The molecule has 1 N–H and O–H groups in total. The second-order valence-corrected chi connectivity index (χ2v) is 8.09. The van der Waals surface area contributed by atoms with E-state index in [9.17, 15) is 19.2 Å². The number of benzene rings is 1. The average molecular weight is 432 g/mol. The summed E-state index contributed by atoms with van der Waals surface area (Å²) in [6.07, 6.45) is -0.797. The van der Waals surface area contributed by atoms with Crippen molar-refractivity contribution in [2.75, 3.05) is 13.7 Å². The molecule has 0 aliphatic carbocycles. The first kappa shape index (κ1) is 23.9. The fourth-order valence-corrected chi connectivity index (χ4v) is 2.96. The van der Waals surface area contributed by atoms with Crippen molar-refractivity contribution in [2.24, 2.45) is 0 Å². The summed E-state index contributed by atoms with van der Waals surface area (Å²) in [5.41, 5.74) is 0.376. The number of esters is 2. The summed E-state index contributed by atoms with van der Waals surface area (Å²) in [4.78, 5) is 50.1. The van der Waals surface area contributed by atoms with Crippen LogP contribution in [0.15, 0.2) is 41.6 Å². The molecule has 9 heteroatoms. The van der Waals surface area contributed by atoms with Crippen LogP contribution in [0.3, 0.4) is 0 Å². The second-order valence-electron chi connectivity index (χ2n) is 8.09. The molecule has 168 valence electrons. The van der Waals surface area contributed by atoms with Crippen LogP contribution in [0, 0.1) is 0 Å². The van der Waals surface area contributed by atoms with Crippen molar-refractivity contribution in [1.82, 2.24) is 10.2 Å². The number of hydrogen-bond donors (Lipinski definition) is 1. The van der Waals surface area contributed by atoms with Gasteiger partial charge in [-0.3, -0.25) is 9.59 Å². The number of nitrogens with zero attached hydrogens (tertiary/aromatic N) is 1. The maximum absolute atomic E-state index is 12.8. The predicted octanol–water partition coefficient (Wildman–Crippen LogP) is 2.30. The molecule has 2 amide bonds. The summed E-state index contributed by atoms with van der Waals surface area (Å²) in [5.74, 6) is -1.76. The minimum absolute atomic E-state index is 0.00289. The van der Waals surface area contributed by atoms with E-state index in [4.69, 9.17) is 14.2 Å². The van der Waals surface area contributed by atoms with Crippen LogP contribution < -0.4 is 5.32 Å². The van der Waals surface area contributed by atoms with E-state index < -0.39 is 35.6 Å². The Hall–Kier alpha value is -3.36. The zero-order valence-corrected chi connectivity index (χ0v) is 18.4. The van der Waals surface area contributed by atoms with Gasteiger partial charge < -0.3 is 24.4 Å². The van der Waals surface area contributed by atoms with Crippen molar-refractivity contribution < 1.29 is 33.4 Å². The van der Waals surface area contributed by atoms with Gasteiger partial charge in [0.15, 0.2) is 0 Å². The van der Waals surface area contributed by atoms with Crippen LogP contribution >= 0.6 is 0 Å². The molecule has 1 atom stereocenters. The summed E-state index contributed by atoms with van der Waals surface area (Å²) in [6.45, 7) is 6.18. The molecular formula is C22H28N2O7. The molecule has 1 aliphatic heterocycles. The van der Waals surface area contributed by atoms with Gasteiger partial charge in [0.1, 0.15) is 30.6 Å². The van der Waals surface area contributed by atoms with Crippen LogP contribution in [0.4, 0.5) is 4.79 Å². The lowest BCUT2D eigenvalue weighted by Crippen LogP contribution is -2.52. The van der Waals surface area contributed by atoms with Gasteiger partial charge >= 0.3 is 18.0 Å². The number of hydrogen-bond acceptors (Lipinski definition) is 7. The largest absolute Gasteiger partial charge is 0.461 e. The molecular weight excluding hydrogens is 404 g/mol. The lowest BCUT2D eigenvalue weighted by molar-refractivity contribution is -0.154. The molecule has 1 aliphatic rings. The van der Waals surface area contributed by atoms with Gasteiger partial charge in [-0.25, -0.2) is 9.59 Å². The van der Waals surface area contributed by atoms with Crippen LogP contribution in [-0.4, -0.2) is 54.1 Å². The number of rotatable bonds is 6. The third-order valence-electron chi connectivity index (χ3n) is 4.30. The molecule has 0 bridgehead atoms. The number of amides is 2. The summed E-state index contributed by atoms with van der Waals surface area (Å²) >= 11 is 0. The molecule has 2 rings (SSSR count). The highest BCUT2D eigenvalue weighted by Crippen LogP contribution is 2.26. The molecule has 0 spiro atoms. The topological polar surface area (TPSA) is 111 Å². The van der Waals surface area contributed by atoms with Crippen molar-refractivity contribution in [2.45, 2.75) is 52.4 Å². The molecule has 31 heavy (non-hydrogen) atoms. The van der Waals surface area contributed by atoms with Gasteiger partial charge in [0, 0.05) is 26.0 Å². The van der Waals surface area contributed by atoms with Crippen LogP contribution in [0.5, 0.6) is 0 Å². The molecule has 0 fully saturated rings. The summed E-state index contributed by atoms with van der Waals surface area (Å²) < 4.78 is 15.6. The van der Waals surface area contributed by atoms with Gasteiger partial charge in [-0.15, -0.1) is 0 Å². The molecule has 9 nitrogen and oxygen atoms in total. The van der Waals surface area contributed by atoms with Crippen LogP contribution in [0.25, 0.3) is 0 Å². The lowest BCUT2D eigenvalue weighted by atomic mass is 9.98. The van der Waals surface area contributed by atoms with E-state index in [0.717, 1.165) is 10.5 Å². The highest BCUT2D eigenvalue weighted by atomic mass is 16.6. The third kappa shape index (κ3) is 7.13. The second kappa shape index (κ2) is 10.1. The maximum atomic E-state index is 12.8. The van der Waals surface area contributed by atoms with Crippen molar-refractivity contribution in [3.8, 4) is 0 Å². The SMILES string of the molecule is CC(=O)OCC1=C(C(=O)OC(C)(C)C)N(C)C(=O)[C@@H](NC(=O)OCc2ccccc2)C1. The van der Waals surface area contributed by atoms with E-state index in [1.165, 1.54) is 14.0 Å². The molecule has 0 saturated carbocycles. The molecule has 1 aromatic carbocycles. The number of likely N-dealkylation sites (N-methyl/N-ethyl adjacent to an activating group) is 1. The Morgan fingerprint density at radius 2 is 1.74 bits per heavy atom. The minimum atomic E-state index is -0.981. The Labute approximate surface area is 181 Å². The fourth-order valence-electron chi connectivity index (χ4n) is 2.96. The van der Waals surface area contributed by atoms with Gasteiger partial charge in [0.25, 0.3) is 0 Å². The quantitative estimate of drug-likeness (QED) is 0.542. The van der Waals surface area contributed by atoms with E-state index >= 15 is 0 Å². The van der Waals surface area contributed by atoms with Gasteiger partial charge in [-0.05, 0) is 26.3 Å². The predicted molar refractivity (Wildman–Crippen MR) is 110 cm³/mol. The van der Waals surface area contributed by atoms with Crippen LogP contribution in [0.1, 0.15) is 39.7 Å². The summed E-state index contributed by atoms with van der Waals surface area (Å²) in [6, 6.07) is 8.12. The normalized spacial score (nSPS) is 16.6. The Balaban J connectivity index is 2.16. The number of carbonyl (C=O) groups excluding carboxylic acids is 4. The maximum Gasteiger partial charge on any atom is 0.408 e. The number of alkyl carbamates (subject to hydrolysis) is 1. The van der Waals surface area contributed by atoms with E-state index in [1.54, 1.807) is 32.9 Å². The average Bonchev–Trinajstić information content (AvgIpc) is 2.67. The Morgan fingerprint density at radius 1 is 1.10 bits per heavy atom. The van der Waals surface area contributed by atoms with Crippen molar-refractivity contribution in [3.05, 3.63) is 47.2 Å². The Morgan fingerprint density at radius 3 is 2.32 bits per heavy atom. The standard InChI is InChI=1S/C22H28N2O7/c1-14(25)29-13-16-11-17(23-21(28)30-12-15-9-7-6-8-10-15)19(26)24(5)18(16)20(27)31-22(2,3)4/h6-10,17H,11-13H2,1-5H3,(H,23,28)/t17-/m0/s1. The van der Waals surface area contributed by atoms with Crippen molar-refractivity contribution in [3.63, 3.8) is 0 Å². The molecule has 1 aromatic rings. The van der Waals surface area contributed by atoms with Gasteiger partial charge in [0.05, 0.1) is 0 Å². The lowest BCUT2D eigenvalue weighted by Gasteiger charge is -2.34. The number of ether oxygens (including phenoxy) is 3. The smallest absolute Gasteiger partial charge is 0.408 e. The minimum Gasteiger partial charge on any atom is -0.461 e. The molecule has 1 heterocycles. The molecule has 0 saturated heterocycles. The number of nitrogens with one attached hydrogen (secondary N) is 1. The molecule has 0 aromatic heterocycles. The summed E-state index contributed by atoms with van der Waals surface area (Å²) in [7, 11) is 1.40. The van der Waals surface area contributed by atoms with Gasteiger partial charge in [-0.2, -0.15) is 0 Å². The first-order valence-corrected chi connectivity index (χ1v) is 9.81. The summed E-state index contributed by atoms with van der Waals surface area (Å²) in [5, 5.41) is 2.52. The van der Waals surface area contributed by atoms with E-state index in [0.29, 0.717) is 5.57 Å². The fraction of sp³-hybridized carbons (Fsp3) is 0.455. The monoisotopic (exact) mass is 432 g/mol. The van der Waals surface area contributed by atoms with Crippen LogP contribution in [0.2, 0.25) is 0 Å². The zero-order valence-electron chi connectivity index (χ0n) is 18.4. The molecule has 0 radical (unpaired) electrons. The first-order valence-electron chi connectivity index (χ1n) is 9.81. The van der Waals surface area contributed by atoms with Crippen LogP contribution in [-0.2, 0) is 35.2 Å². The zero-order chi connectivity index (χ0) is 23.2. The van der Waals surface area contributed by atoms with Crippen molar-refractivity contribution in [1.29, 1.82) is 0 Å². The first-order chi connectivity index (χ1) is 14.5. The van der Waals surface area contributed by atoms with E-state index in [1.807, 2.05) is 18.2 Å². The van der Waals surface area contributed by atoms with E-state index in [2.05, 4.69) is 5.32 Å². The van der Waals surface area contributed by atoms with E-state index in [-0.39, 0.29) is 25.3 Å². The molecule has 0 unspecified atom stereocenters. The van der Waals surface area contributed by atoms with Gasteiger partial charge in [-0.1, -0.05) is 30.3 Å². The highest BCUT2D eigenvalue weighted by molar-refractivity contribution is 5.99. The third-order valence-corrected chi connectivity index (χ3v) is 4.30. The van der Waals surface area contributed by atoms with Gasteiger partial charge in [0.2, 0.25) is 5.91 Å².